The van der Waals surface area contributed by atoms with Gasteiger partial charge in [0.05, 0.1) is 11.3 Å². The third-order valence-electron chi connectivity index (χ3n) is 4.75. The van der Waals surface area contributed by atoms with E-state index in [0.717, 1.165) is 11.3 Å². The topological polar surface area (TPSA) is 77.0 Å². The smallest absolute Gasteiger partial charge is 0.255 e. The van der Waals surface area contributed by atoms with Gasteiger partial charge < -0.3 is 10.1 Å². The lowest BCUT2D eigenvalue weighted by Gasteiger charge is -2.11. The van der Waals surface area contributed by atoms with Crippen LogP contribution in [0, 0.1) is 0 Å². The first kappa shape index (κ1) is 20.2. The summed E-state index contributed by atoms with van der Waals surface area (Å²) in [7, 11) is 0. The van der Waals surface area contributed by atoms with Crippen LogP contribution in [0.15, 0.2) is 85.5 Å². The molecule has 0 fully saturated rings. The Bertz CT molecular complexity index is 1190. The fraction of sp³-hybridized carbons (Fsp3) is 0.120. The molecule has 4 aromatic rings. The van der Waals surface area contributed by atoms with Crippen molar-refractivity contribution in [3.63, 3.8) is 0 Å². The molecule has 1 N–H and O–H groups in total. The molecule has 0 saturated heterocycles. The third kappa shape index (κ3) is 4.93. The Morgan fingerprint density at radius 3 is 2.61 bits per heavy atom. The standard InChI is InChI=1S/C25H22N4O2/c1-17(2)18-6-3-8-20(14-18)29-24(30)19-7-4-9-21(15-19)31-25-22(10-5-12-27-25)23-11-13-26-16-28-23/h3-17H,1-2H3,(H,29,30). The maximum Gasteiger partial charge on any atom is 0.255 e. The van der Waals surface area contributed by atoms with E-state index >= 15 is 0 Å². The van der Waals surface area contributed by atoms with Gasteiger partial charge >= 0.3 is 0 Å². The average Bonchev–Trinajstić information content (AvgIpc) is 2.80. The lowest BCUT2D eigenvalue weighted by atomic mass is 10.0. The number of ether oxygens (including phenoxy) is 1. The molecule has 0 aliphatic heterocycles. The van der Waals surface area contributed by atoms with Crippen LogP contribution in [0.4, 0.5) is 5.69 Å². The average molecular weight is 410 g/mol. The molecule has 0 radical (unpaired) electrons. The van der Waals surface area contributed by atoms with Crippen molar-refractivity contribution >= 4 is 11.6 Å². The van der Waals surface area contributed by atoms with Crippen molar-refractivity contribution in [1.29, 1.82) is 0 Å². The minimum atomic E-state index is -0.205. The van der Waals surface area contributed by atoms with E-state index in [-0.39, 0.29) is 5.91 Å². The molecule has 0 unspecified atom stereocenters. The second-order valence-electron chi connectivity index (χ2n) is 7.31. The summed E-state index contributed by atoms with van der Waals surface area (Å²) in [5, 5.41) is 2.95. The molecule has 154 valence electrons. The van der Waals surface area contributed by atoms with Crippen molar-refractivity contribution in [3.8, 4) is 22.9 Å². The van der Waals surface area contributed by atoms with Crippen LogP contribution >= 0.6 is 0 Å². The Balaban J connectivity index is 1.55. The lowest BCUT2D eigenvalue weighted by Crippen LogP contribution is -2.12. The largest absolute Gasteiger partial charge is 0.438 e. The van der Waals surface area contributed by atoms with Gasteiger partial charge in [-0.2, -0.15) is 0 Å². The fourth-order valence-corrected chi connectivity index (χ4v) is 3.11. The van der Waals surface area contributed by atoms with Crippen molar-refractivity contribution in [2.24, 2.45) is 0 Å². The molecule has 0 bridgehead atoms. The summed E-state index contributed by atoms with van der Waals surface area (Å²) < 4.78 is 6.00. The number of nitrogens with one attached hydrogen (secondary N) is 1. The summed E-state index contributed by atoms with van der Waals surface area (Å²) in [6, 6.07) is 20.4. The number of pyridine rings is 1. The minimum absolute atomic E-state index is 0.205. The molecule has 6 nitrogen and oxygen atoms in total. The maximum absolute atomic E-state index is 12.8. The van der Waals surface area contributed by atoms with Crippen LogP contribution in [0.3, 0.4) is 0 Å². The zero-order chi connectivity index (χ0) is 21.6. The van der Waals surface area contributed by atoms with Crippen molar-refractivity contribution in [3.05, 3.63) is 96.6 Å². The van der Waals surface area contributed by atoms with E-state index in [0.29, 0.717) is 28.8 Å². The van der Waals surface area contributed by atoms with Crippen LogP contribution in [-0.2, 0) is 0 Å². The van der Waals surface area contributed by atoms with Crippen molar-refractivity contribution < 1.29 is 9.53 Å². The van der Waals surface area contributed by atoms with E-state index < -0.39 is 0 Å². The molecule has 2 heterocycles. The normalized spacial score (nSPS) is 10.7. The second-order valence-corrected chi connectivity index (χ2v) is 7.31. The number of aromatic nitrogens is 3. The molecule has 0 aliphatic carbocycles. The number of anilines is 1. The van der Waals surface area contributed by atoms with Crippen molar-refractivity contribution in [2.45, 2.75) is 19.8 Å². The highest BCUT2D eigenvalue weighted by atomic mass is 16.5. The van der Waals surface area contributed by atoms with E-state index in [1.54, 1.807) is 42.7 Å². The van der Waals surface area contributed by atoms with Gasteiger partial charge in [-0.05, 0) is 60.0 Å². The molecule has 2 aromatic carbocycles. The highest BCUT2D eigenvalue weighted by molar-refractivity contribution is 6.04. The highest BCUT2D eigenvalue weighted by Gasteiger charge is 2.12. The summed E-state index contributed by atoms with van der Waals surface area (Å²) in [5.41, 5.74) is 3.87. The molecule has 0 atom stereocenters. The SMILES string of the molecule is CC(C)c1cccc(NC(=O)c2cccc(Oc3ncccc3-c3ccncn3)c2)c1. The van der Waals surface area contributed by atoms with Crippen molar-refractivity contribution in [1.82, 2.24) is 15.0 Å². The van der Waals surface area contributed by atoms with Crippen LogP contribution in [-0.4, -0.2) is 20.9 Å². The minimum Gasteiger partial charge on any atom is -0.438 e. The summed E-state index contributed by atoms with van der Waals surface area (Å²) in [6.07, 6.45) is 4.79. The van der Waals surface area contributed by atoms with Crippen LogP contribution in [0.5, 0.6) is 11.6 Å². The molecule has 1 amide bonds. The Hall–Kier alpha value is -4.06. The Labute approximate surface area is 181 Å². The predicted octanol–water partition coefficient (Wildman–Crippen LogP) is 5.71. The fourth-order valence-electron chi connectivity index (χ4n) is 3.11. The number of rotatable bonds is 6. The maximum atomic E-state index is 12.8. The first-order valence-corrected chi connectivity index (χ1v) is 10.0. The first-order valence-electron chi connectivity index (χ1n) is 10.0. The van der Waals surface area contributed by atoms with E-state index in [1.165, 1.54) is 11.9 Å². The van der Waals surface area contributed by atoms with Gasteiger partial charge in [-0.15, -0.1) is 0 Å². The first-order chi connectivity index (χ1) is 15.1. The van der Waals surface area contributed by atoms with Crippen LogP contribution in [0.2, 0.25) is 0 Å². The van der Waals surface area contributed by atoms with Crippen molar-refractivity contribution in [2.75, 3.05) is 5.32 Å². The zero-order valence-electron chi connectivity index (χ0n) is 17.3. The summed E-state index contributed by atoms with van der Waals surface area (Å²) >= 11 is 0. The lowest BCUT2D eigenvalue weighted by molar-refractivity contribution is 0.102. The number of benzene rings is 2. The van der Waals surface area contributed by atoms with Gasteiger partial charge in [0.2, 0.25) is 5.88 Å². The third-order valence-corrected chi connectivity index (χ3v) is 4.75. The molecule has 2 aromatic heterocycles. The Morgan fingerprint density at radius 2 is 1.81 bits per heavy atom. The number of carbonyl (C=O) groups is 1. The van der Waals surface area contributed by atoms with Gasteiger partial charge in [-0.1, -0.05) is 32.0 Å². The van der Waals surface area contributed by atoms with Gasteiger partial charge in [0.15, 0.2) is 0 Å². The van der Waals surface area contributed by atoms with Gasteiger partial charge in [-0.25, -0.2) is 15.0 Å². The molecular formula is C25H22N4O2. The van der Waals surface area contributed by atoms with E-state index in [1.807, 2.05) is 30.3 Å². The highest BCUT2D eigenvalue weighted by Crippen LogP contribution is 2.30. The van der Waals surface area contributed by atoms with Gasteiger partial charge in [0, 0.05) is 23.6 Å². The quantitative estimate of drug-likeness (QED) is 0.441. The van der Waals surface area contributed by atoms with Crippen LogP contribution in [0.25, 0.3) is 11.3 Å². The van der Waals surface area contributed by atoms with E-state index in [2.05, 4.69) is 40.2 Å². The Morgan fingerprint density at radius 1 is 0.935 bits per heavy atom. The number of carbonyl (C=O) groups excluding carboxylic acids is 1. The number of hydrogen-bond donors (Lipinski definition) is 1. The van der Waals surface area contributed by atoms with E-state index in [9.17, 15) is 4.79 Å². The molecule has 0 spiro atoms. The molecule has 0 saturated carbocycles. The summed E-state index contributed by atoms with van der Waals surface area (Å²) in [4.78, 5) is 25.3. The second kappa shape index (κ2) is 9.17. The number of amides is 1. The van der Waals surface area contributed by atoms with Gasteiger partial charge in [-0.3, -0.25) is 4.79 Å². The van der Waals surface area contributed by atoms with E-state index in [4.69, 9.17) is 4.74 Å². The van der Waals surface area contributed by atoms with Gasteiger partial charge in [0.25, 0.3) is 5.91 Å². The summed E-state index contributed by atoms with van der Waals surface area (Å²) in [6.45, 7) is 4.24. The molecule has 6 heteroatoms. The monoisotopic (exact) mass is 410 g/mol. The molecule has 31 heavy (non-hydrogen) atoms. The molecule has 4 rings (SSSR count). The predicted molar refractivity (Wildman–Crippen MR) is 120 cm³/mol. The summed E-state index contributed by atoms with van der Waals surface area (Å²) in [5.74, 6) is 1.10. The van der Waals surface area contributed by atoms with Crippen LogP contribution < -0.4 is 10.1 Å². The molecule has 0 aliphatic rings. The number of nitrogens with zero attached hydrogens (tertiary/aromatic N) is 3. The van der Waals surface area contributed by atoms with Crippen LogP contribution in [0.1, 0.15) is 35.7 Å². The Kier molecular flexibility index (Phi) is 5.98. The zero-order valence-corrected chi connectivity index (χ0v) is 17.3. The number of hydrogen-bond acceptors (Lipinski definition) is 5. The molecular weight excluding hydrogens is 388 g/mol. The van der Waals surface area contributed by atoms with Gasteiger partial charge in [0.1, 0.15) is 12.1 Å².